The van der Waals surface area contributed by atoms with Gasteiger partial charge in [-0.05, 0) is 55.9 Å². The van der Waals surface area contributed by atoms with E-state index in [0.717, 1.165) is 53.8 Å². The van der Waals surface area contributed by atoms with Crippen molar-refractivity contribution < 1.29 is 8.76 Å². The Bertz CT molecular complexity index is 987. The molecule has 3 aromatic heterocycles. The van der Waals surface area contributed by atoms with Gasteiger partial charge >= 0.3 is 0 Å². The summed E-state index contributed by atoms with van der Waals surface area (Å²) >= 11 is 4.43. The van der Waals surface area contributed by atoms with E-state index in [2.05, 4.69) is 20.0 Å². The number of anilines is 1. The van der Waals surface area contributed by atoms with Crippen molar-refractivity contribution >= 4 is 39.7 Å². The molecule has 1 aliphatic carbocycles. The molecule has 0 saturated heterocycles. The number of aromatic amines is 1. The van der Waals surface area contributed by atoms with Gasteiger partial charge in [-0.2, -0.15) is 0 Å². The van der Waals surface area contributed by atoms with E-state index in [9.17, 15) is 4.21 Å². The van der Waals surface area contributed by atoms with E-state index in [-0.39, 0.29) is 0 Å². The van der Waals surface area contributed by atoms with Crippen LogP contribution in [-0.4, -0.2) is 36.3 Å². The number of nitrogens with one attached hydrogen (secondary N) is 3. The molecule has 1 atom stereocenters. The summed E-state index contributed by atoms with van der Waals surface area (Å²) in [7, 11) is 0. The smallest absolute Gasteiger partial charge is 0.231 e. The highest BCUT2D eigenvalue weighted by Gasteiger charge is 2.22. The zero-order chi connectivity index (χ0) is 19.5. The fourth-order valence-corrected chi connectivity index (χ4v) is 4.37. The molecule has 7 nitrogen and oxygen atoms in total. The number of aromatic nitrogens is 3. The van der Waals surface area contributed by atoms with Crippen LogP contribution in [0.1, 0.15) is 25.7 Å². The van der Waals surface area contributed by atoms with Gasteiger partial charge in [0.05, 0.1) is 5.69 Å². The molecule has 3 heterocycles. The van der Waals surface area contributed by atoms with Crippen LogP contribution in [0.2, 0.25) is 5.02 Å². The van der Waals surface area contributed by atoms with E-state index in [0.29, 0.717) is 23.5 Å². The van der Waals surface area contributed by atoms with Crippen LogP contribution in [0.25, 0.3) is 22.3 Å². The second-order valence-electron chi connectivity index (χ2n) is 7.12. The number of hydrogen-bond donors (Lipinski definition) is 4. The van der Waals surface area contributed by atoms with Gasteiger partial charge < -0.3 is 10.3 Å². The minimum absolute atomic E-state index is 0.319. The first-order valence-electron chi connectivity index (χ1n) is 9.29. The Morgan fingerprint density at radius 1 is 1.29 bits per heavy atom. The molecular weight excluding hydrogens is 398 g/mol. The van der Waals surface area contributed by atoms with Crippen LogP contribution in [0.3, 0.4) is 0 Å². The molecule has 0 aliphatic heterocycles. The highest BCUT2D eigenvalue weighted by atomic mass is 35.5. The molecule has 1 saturated carbocycles. The van der Waals surface area contributed by atoms with Crippen molar-refractivity contribution in [3.8, 4) is 11.3 Å². The van der Waals surface area contributed by atoms with E-state index < -0.39 is 11.3 Å². The average molecular weight is 420 g/mol. The molecule has 1 fully saturated rings. The topological polar surface area (TPSA) is 103 Å². The van der Waals surface area contributed by atoms with Gasteiger partial charge in [0.25, 0.3) is 0 Å². The molecule has 0 bridgehead atoms. The molecule has 28 heavy (non-hydrogen) atoms. The number of pyridine rings is 2. The predicted octanol–water partition coefficient (Wildman–Crippen LogP) is 3.98. The molecule has 4 N–H and O–H groups in total. The van der Waals surface area contributed by atoms with E-state index in [1.165, 1.54) is 0 Å². The fourth-order valence-electron chi connectivity index (χ4n) is 3.79. The van der Waals surface area contributed by atoms with Gasteiger partial charge in [-0.1, -0.05) is 11.6 Å². The lowest BCUT2D eigenvalue weighted by Crippen LogP contribution is -2.32. The van der Waals surface area contributed by atoms with Gasteiger partial charge in [0.1, 0.15) is 11.5 Å². The molecule has 0 amide bonds. The lowest BCUT2D eigenvalue weighted by atomic mass is 9.86. The Hall–Kier alpha value is -2.00. The van der Waals surface area contributed by atoms with Gasteiger partial charge in [0, 0.05) is 41.0 Å². The van der Waals surface area contributed by atoms with E-state index in [4.69, 9.17) is 21.1 Å². The van der Waals surface area contributed by atoms with Crippen LogP contribution < -0.4 is 10.0 Å². The highest BCUT2D eigenvalue weighted by Crippen LogP contribution is 2.31. The summed E-state index contributed by atoms with van der Waals surface area (Å²) in [6, 6.07) is 7.95. The first-order valence-corrected chi connectivity index (χ1v) is 10.8. The Morgan fingerprint density at radius 2 is 2.11 bits per heavy atom. The second-order valence-corrected chi connectivity index (χ2v) is 8.34. The summed E-state index contributed by atoms with van der Waals surface area (Å²) in [5.41, 5.74) is 2.60. The molecule has 1 aliphatic rings. The van der Waals surface area contributed by atoms with Gasteiger partial charge in [-0.3, -0.25) is 4.55 Å². The van der Waals surface area contributed by atoms with Crippen molar-refractivity contribution in [2.24, 2.45) is 5.92 Å². The third-order valence-electron chi connectivity index (χ3n) is 5.21. The Kier molecular flexibility index (Phi) is 5.91. The molecule has 148 valence electrons. The Balaban J connectivity index is 1.46. The van der Waals surface area contributed by atoms with E-state index in [1.54, 1.807) is 6.20 Å². The first kappa shape index (κ1) is 19.3. The van der Waals surface area contributed by atoms with Crippen LogP contribution >= 0.6 is 11.6 Å². The largest absolute Gasteiger partial charge is 0.367 e. The average Bonchev–Trinajstić information content (AvgIpc) is 3.11. The number of H-pyrrole nitrogens is 1. The van der Waals surface area contributed by atoms with Crippen LogP contribution in [0.15, 0.2) is 36.7 Å². The number of hydrogen-bond acceptors (Lipinski definition) is 4. The first-order chi connectivity index (χ1) is 13.6. The van der Waals surface area contributed by atoms with Crippen molar-refractivity contribution in [2.75, 3.05) is 11.9 Å². The number of rotatable bonds is 6. The normalized spacial score (nSPS) is 20.9. The summed E-state index contributed by atoms with van der Waals surface area (Å²) in [4.78, 5) is 12.3. The van der Waals surface area contributed by atoms with Gasteiger partial charge in [0.2, 0.25) is 11.3 Å². The van der Waals surface area contributed by atoms with Crippen LogP contribution in [0.4, 0.5) is 5.82 Å². The predicted molar refractivity (Wildman–Crippen MR) is 112 cm³/mol. The molecule has 0 radical (unpaired) electrons. The van der Waals surface area contributed by atoms with Crippen LogP contribution in [0, 0.1) is 5.92 Å². The molecule has 0 spiro atoms. The molecular formula is C19H22ClN5O2S. The van der Waals surface area contributed by atoms with Gasteiger partial charge in [-0.15, -0.1) is 0 Å². The van der Waals surface area contributed by atoms with Gasteiger partial charge in [-0.25, -0.2) is 18.9 Å². The third-order valence-corrected chi connectivity index (χ3v) is 5.84. The van der Waals surface area contributed by atoms with Gasteiger partial charge in [0.15, 0.2) is 0 Å². The third kappa shape index (κ3) is 4.52. The minimum atomic E-state index is -1.94. The SMILES string of the molecule is O=S(O)NCC1CCC(Nc2cc(Cl)cc(-c3c[nH]c4ncccc34)n2)CC1. The minimum Gasteiger partial charge on any atom is -0.367 e. The van der Waals surface area contributed by atoms with Crippen molar-refractivity contribution in [3.05, 3.63) is 41.7 Å². The lowest BCUT2D eigenvalue weighted by molar-refractivity contribution is 0.336. The van der Waals surface area contributed by atoms with Crippen molar-refractivity contribution in [1.29, 1.82) is 0 Å². The number of halogens is 1. The highest BCUT2D eigenvalue weighted by molar-refractivity contribution is 7.77. The summed E-state index contributed by atoms with van der Waals surface area (Å²) < 4.78 is 22.2. The molecule has 0 aromatic carbocycles. The summed E-state index contributed by atoms with van der Waals surface area (Å²) in [5, 5.41) is 5.15. The molecule has 1 unspecified atom stereocenters. The Labute approximate surface area is 170 Å². The fraction of sp³-hybridized carbons (Fsp3) is 0.368. The number of nitrogens with zero attached hydrogens (tertiary/aromatic N) is 2. The zero-order valence-electron chi connectivity index (χ0n) is 15.2. The molecule has 3 aromatic rings. The summed E-state index contributed by atoms with van der Waals surface area (Å²) in [6.45, 7) is 0.573. The van der Waals surface area contributed by atoms with E-state index in [1.807, 2.05) is 30.5 Å². The second kappa shape index (κ2) is 8.57. The summed E-state index contributed by atoms with van der Waals surface area (Å²) in [6.07, 6.45) is 7.65. The maximum Gasteiger partial charge on any atom is 0.231 e. The Morgan fingerprint density at radius 3 is 2.89 bits per heavy atom. The molecule has 4 rings (SSSR count). The molecule has 9 heteroatoms. The number of fused-ring (bicyclic) bond motifs is 1. The summed E-state index contributed by atoms with van der Waals surface area (Å²) in [5.74, 6) is 1.19. The maximum absolute atomic E-state index is 10.8. The van der Waals surface area contributed by atoms with Crippen molar-refractivity contribution in [1.82, 2.24) is 19.7 Å². The van der Waals surface area contributed by atoms with Crippen LogP contribution in [-0.2, 0) is 11.3 Å². The zero-order valence-corrected chi connectivity index (χ0v) is 16.8. The van der Waals surface area contributed by atoms with Crippen LogP contribution in [0.5, 0.6) is 0 Å². The van der Waals surface area contributed by atoms with Crippen molar-refractivity contribution in [2.45, 2.75) is 31.7 Å². The van der Waals surface area contributed by atoms with E-state index >= 15 is 0 Å². The lowest BCUT2D eigenvalue weighted by Gasteiger charge is -2.29. The quantitative estimate of drug-likeness (QED) is 0.452. The maximum atomic E-state index is 10.8. The van der Waals surface area contributed by atoms with Crippen molar-refractivity contribution in [3.63, 3.8) is 0 Å². The standard InChI is InChI=1S/C19H22ClN5O2S/c20-13-8-17(16-11-22-19-15(16)2-1-7-21-19)25-18(9-13)24-14-5-3-12(4-6-14)10-23-28(26)27/h1-2,7-9,11-12,14,23H,3-6,10H2,(H,21,22)(H,24,25)(H,26,27). The monoisotopic (exact) mass is 419 g/mol.